The van der Waals surface area contributed by atoms with Crippen molar-refractivity contribution in [1.29, 1.82) is 0 Å². The van der Waals surface area contributed by atoms with Crippen molar-refractivity contribution in [2.24, 2.45) is 11.3 Å². The summed E-state index contributed by atoms with van der Waals surface area (Å²) in [6, 6.07) is 4.28. The fourth-order valence-electron chi connectivity index (χ4n) is 4.78. The molecule has 0 aromatic carbocycles. The van der Waals surface area contributed by atoms with Crippen LogP contribution in [0.2, 0.25) is 0 Å². The highest BCUT2D eigenvalue weighted by atomic mass is 32.2. The Bertz CT molecular complexity index is 600. The van der Waals surface area contributed by atoms with Gasteiger partial charge in [0, 0.05) is 17.2 Å². The van der Waals surface area contributed by atoms with Crippen LogP contribution in [0.3, 0.4) is 0 Å². The van der Waals surface area contributed by atoms with Crippen LogP contribution in [0.15, 0.2) is 23.2 Å². The molecule has 0 radical (unpaired) electrons. The molecular weight excluding hydrogens is 280 g/mol. The SMILES string of the molecule is CC(C)(O)C12CC(N3c4ncccc4SC3C3CC3)(C1)C2. The molecule has 1 unspecified atom stereocenters. The van der Waals surface area contributed by atoms with Crippen molar-refractivity contribution in [3.8, 4) is 0 Å². The largest absolute Gasteiger partial charge is 0.390 e. The third kappa shape index (κ3) is 1.48. The molecule has 1 N–H and O–H groups in total. The minimum Gasteiger partial charge on any atom is -0.390 e. The molecule has 1 aromatic rings. The molecule has 4 saturated carbocycles. The number of thioether (sulfide) groups is 1. The highest BCUT2D eigenvalue weighted by Crippen LogP contribution is 2.76. The fourth-order valence-corrected chi connectivity index (χ4v) is 6.35. The van der Waals surface area contributed by atoms with Gasteiger partial charge in [0.05, 0.1) is 15.9 Å². The Morgan fingerprint density at radius 1 is 1.33 bits per heavy atom. The first-order valence-electron chi connectivity index (χ1n) is 8.08. The van der Waals surface area contributed by atoms with E-state index in [4.69, 9.17) is 4.98 Å². The fraction of sp³-hybridized carbons (Fsp3) is 0.706. The van der Waals surface area contributed by atoms with E-state index in [1.54, 1.807) is 0 Å². The minimum absolute atomic E-state index is 0.170. The zero-order chi connectivity index (χ0) is 14.5. The zero-order valence-electron chi connectivity index (χ0n) is 12.7. The van der Waals surface area contributed by atoms with Crippen molar-refractivity contribution in [2.75, 3.05) is 4.90 Å². The molecule has 3 nitrogen and oxygen atoms in total. The van der Waals surface area contributed by atoms with Gasteiger partial charge in [-0.3, -0.25) is 0 Å². The van der Waals surface area contributed by atoms with Gasteiger partial charge in [0.25, 0.3) is 0 Å². The molecule has 1 aromatic heterocycles. The molecule has 112 valence electrons. The lowest BCUT2D eigenvalue weighted by Crippen LogP contribution is -2.80. The summed E-state index contributed by atoms with van der Waals surface area (Å²) < 4.78 is 0. The van der Waals surface area contributed by atoms with Crippen LogP contribution in [0, 0.1) is 11.3 Å². The normalized spacial score (nSPS) is 40.5. The van der Waals surface area contributed by atoms with Gasteiger partial charge >= 0.3 is 0 Å². The second-order valence-electron chi connectivity index (χ2n) is 8.14. The second-order valence-corrected chi connectivity index (χ2v) is 9.29. The number of nitrogens with zero attached hydrogens (tertiary/aromatic N) is 2. The summed E-state index contributed by atoms with van der Waals surface area (Å²) in [6.07, 6.45) is 8.10. The lowest BCUT2D eigenvalue weighted by atomic mass is 9.34. The number of pyridine rings is 1. The Labute approximate surface area is 130 Å². The molecule has 1 atom stereocenters. The average molecular weight is 302 g/mol. The van der Waals surface area contributed by atoms with Gasteiger partial charge in [-0.05, 0) is 64.0 Å². The van der Waals surface area contributed by atoms with Gasteiger partial charge in [-0.25, -0.2) is 4.98 Å². The molecule has 0 saturated heterocycles. The van der Waals surface area contributed by atoms with Crippen LogP contribution < -0.4 is 4.90 Å². The van der Waals surface area contributed by atoms with Crippen LogP contribution in [0.25, 0.3) is 0 Å². The molecule has 4 aliphatic carbocycles. The van der Waals surface area contributed by atoms with Gasteiger partial charge in [-0.15, -0.1) is 0 Å². The van der Waals surface area contributed by atoms with E-state index >= 15 is 0 Å². The summed E-state index contributed by atoms with van der Waals surface area (Å²) in [5.41, 5.74) is -0.0766. The Balaban J connectivity index is 1.49. The summed E-state index contributed by atoms with van der Waals surface area (Å²) in [6.45, 7) is 3.97. The van der Waals surface area contributed by atoms with Crippen molar-refractivity contribution in [2.45, 2.75) is 67.4 Å². The van der Waals surface area contributed by atoms with Crippen LogP contribution in [-0.2, 0) is 0 Å². The number of anilines is 1. The molecule has 6 rings (SSSR count). The van der Waals surface area contributed by atoms with Crippen LogP contribution in [0.1, 0.15) is 46.0 Å². The summed E-state index contributed by atoms with van der Waals surface area (Å²) in [7, 11) is 0. The van der Waals surface area contributed by atoms with Crippen molar-refractivity contribution in [3.63, 3.8) is 0 Å². The molecule has 1 aliphatic heterocycles. The third-order valence-corrected chi connectivity index (χ3v) is 7.73. The quantitative estimate of drug-likeness (QED) is 0.928. The van der Waals surface area contributed by atoms with E-state index in [2.05, 4.69) is 17.0 Å². The van der Waals surface area contributed by atoms with Crippen molar-refractivity contribution in [3.05, 3.63) is 18.3 Å². The lowest BCUT2D eigenvalue weighted by molar-refractivity contribution is -0.241. The van der Waals surface area contributed by atoms with Gasteiger partial charge < -0.3 is 10.0 Å². The minimum atomic E-state index is -0.538. The summed E-state index contributed by atoms with van der Waals surface area (Å²) >= 11 is 2.02. The number of aromatic nitrogens is 1. The summed E-state index contributed by atoms with van der Waals surface area (Å²) in [5, 5.41) is 11.0. The van der Waals surface area contributed by atoms with Crippen LogP contribution in [0.5, 0.6) is 0 Å². The highest BCUT2D eigenvalue weighted by Gasteiger charge is 2.76. The van der Waals surface area contributed by atoms with E-state index in [-0.39, 0.29) is 5.41 Å². The molecule has 0 amide bonds. The summed E-state index contributed by atoms with van der Waals surface area (Å²) in [5.74, 6) is 2.06. The van der Waals surface area contributed by atoms with E-state index in [1.807, 2.05) is 31.8 Å². The smallest absolute Gasteiger partial charge is 0.143 e. The molecule has 5 aliphatic rings. The van der Waals surface area contributed by atoms with Gasteiger partial charge in [-0.2, -0.15) is 0 Å². The molecule has 4 fully saturated rings. The van der Waals surface area contributed by atoms with Gasteiger partial charge in [0.1, 0.15) is 5.82 Å². The van der Waals surface area contributed by atoms with E-state index in [9.17, 15) is 5.11 Å². The standard InChI is InChI=1S/C17H22N2OS/c1-15(2,20)16-8-17(9-16,10-16)19-13-12(4-3-7-18-13)21-14(19)11-5-6-11/h3-4,7,11,14,20H,5-6,8-10H2,1-2H3. The molecule has 21 heavy (non-hydrogen) atoms. The Hall–Kier alpha value is -0.740. The molecule has 4 heteroatoms. The zero-order valence-corrected chi connectivity index (χ0v) is 13.5. The van der Waals surface area contributed by atoms with E-state index in [1.165, 1.54) is 23.6 Å². The van der Waals surface area contributed by atoms with E-state index in [0.717, 1.165) is 25.2 Å². The molecule has 2 heterocycles. The number of fused-ring (bicyclic) bond motifs is 1. The maximum absolute atomic E-state index is 10.4. The predicted molar refractivity (Wildman–Crippen MR) is 84.4 cm³/mol. The van der Waals surface area contributed by atoms with Crippen LogP contribution >= 0.6 is 11.8 Å². The summed E-state index contributed by atoms with van der Waals surface area (Å²) in [4.78, 5) is 8.71. The maximum Gasteiger partial charge on any atom is 0.143 e. The lowest BCUT2D eigenvalue weighted by Gasteiger charge is -2.77. The van der Waals surface area contributed by atoms with Gasteiger partial charge in [-0.1, -0.05) is 11.8 Å². The van der Waals surface area contributed by atoms with Gasteiger partial charge in [0.2, 0.25) is 0 Å². The van der Waals surface area contributed by atoms with Crippen LogP contribution in [-0.4, -0.2) is 26.6 Å². The number of hydrogen-bond donors (Lipinski definition) is 1. The second kappa shape index (κ2) is 3.60. The first-order valence-corrected chi connectivity index (χ1v) is 8.96. The first kappa shape index (κ1) is 12.8. The van der Waals surface area contributed by atoms with Gasteiger partial charge in [0.15, 0.2) is 0 Å². The first-order chi connectivity index (χ1) is 9.94. The average Bonchev–Trinajstić information content (AvgIpc) is 3.08. The maximum atomic E-state index is 10.4. The Morgan fingerprint density at radius 3 is 2.67 bits per heavy atom. The third-order valence-electron chi connectivity index (χ3n) is 6.32. The predicted octanol–water partition coefficient (Wildman–Crippen LogP) is 3.42. The van der Waals surface area contributed by atoms with Crippen molar-refractivity contribution < 1.29 is 5.11 Å². The number of hydrogen-bond acceptors (Lipinski definition) is 4. The highest BCUT2D eigenvalue weighted by molar-refractivity contribution is 8.00. The Morgan fingerprint density at radius 2 is 2.05 bits per heavy atom. The topological polar surface area (TPSA) is 36.4 Å². The van der Waals surface area contributed by atoms with Crippen molar-refractivity contribution >= 4 is 17.6 Å². The van der Waals surface area contributed by atoms with Crippen molar-refractivity contribution in [1.82, 2.24) is 4.98 Å². The van der Waals surface area contributed by atoms with Crippen LogP contribution in [0.4, 0.5) is 5.82 Å². The van der Waals surface area contributed by atoms with E-state index < -0.39 is 5.60 Å². The van der Waals surface area contributed by atoms with E-state index in [0.29, 0.717) is 10.9 Å². The molecule has 0 spiro atoms. The molecule has 2 bridgehead atoms. The molecular formula is C17H22N2OS. The Kier molecular flexibility index (Phi) is 2.19. The number of aliphatic hydroxyl groups is 1. The number of rotatable bonds is 3. The monoisotopic (exact) mass is 302 g/mol.